The van der Waals surface area contributed by atoms with Crippen molar-refractivity contribution in [2.75, 3.05) is 25.0 Å². The zero-order valence-electron chi connectivity index (χ0n) is 17.6. The molecule has 10 heteroatoms. The van der Waals surface area contributed by atoms with Crippen LogP contribution in [0.4, 0.5) is 5.69 Å². The van der Waals surface area contributed by atoms with Crippen LogP contribution in [0, 0.1) is 11.3 Å². The maximum absolute atomic E-state index is 12.9. The number of nitrogens with one attached hydrogen (secondary N) is 1. The van der Waals surface area contributed by atoms with Crippen LogP contribution in [0.25, 0.3) is 0 Å². The van der Waals surface area contributed by atoms with Gasteiger partial charge in [-0.25, -0.2) is 13.2 Å². The summed E-state index contributed by atoms with van der Waals surface area (Å²) in [5, 5.41) is 11.4. The van der Waals surface area contributed by atoms with Gasteiger partial charge < -0.3 is 14.8 Å². The number of ether oxygens (including phenoxy) is 2. The summed E-state index contributed by atoms with van der Waals surface area (Å²) in [6.45, 7) is 3.60. The second-order valence-electron chi connectivity index (χ2n) is 7.42. The SMILES string of the molecule is CC1CN(S(=O)(=O)c2ccc(C(=O)OCC(=O)Nc3cccc(C#N)c3)cc2)CC(C)O1. The number of morpholine rings is 1. The minimum Gasteiger partial charge on any atom is -0.452 e. The van der Waals surface area contributed by atoms with Crippen LogP contribution in [0.5, 0.6) is 0 Å². The first-order chi connectivity index (χ1) is 15.2. The van der Waals surface area contributed by atoms with Crippen LogP contribution in [-0.2, 0) is 24.3 Å². The summed E-state index contributed by atoms with van der Waals surface area (Å²) >= 11 is 0. The van der Waals surface area contributed by atoms with E-state index in [1.165, 1.54) is 34.6 Å². The van der Waals surface area contributed by atoms with Crippen molar-refractivity contribution in [2.45, 2.75) is 31.0 Å². The average Bonchev–Trinajstić information content (AvgIpc) is 2.77. The number of hydrogen-bond donors (Lipinski definition) is 1. The third-order valence-corrected chi connectivity index (χ3v) is 6.57. The lowest BCUT2D eigenvalue weighted by Crippen LogP contribution is -2.48. The lowest BCUT2D eigenvalue weighted by molar-refractivity contribution is -0.119. The van der Waals surface area contributed by atoms with Gasteiger partial charge in [0.1, 0.15) is 0 Å². The monoisotopic (exact) mass is 457 g/mol. The van der Waals surface area contributed by atoms with Crippen LogP contribution < -0.4 is 5.32 Å². The van der Waals surface area contributed by atoms with Crippen LogP contribution in [-0.4, -0.2) is 56.5 Å². The summed E-state index contributed by atoms with van der Waals surface area (Å²) in [4.78, 5) is 24.3. The predicted octanol–water partition coefficient (Wildman–Crippen LogP) is 2.15. The largest absolute Gasteiger partial charge is 0.452 e. The van der Waals surface area contributed by atoms with Gasteiger partial charge in [0.25, 0.3) is 5.91 Å². The van der Waals surface area contributed by atoms with E-state index in [2.05, 4.69) is 5.32 Å². The second-order valence-corrected chi connectivity index (χ2v) is 9.36. The van der Waals surface area contributed by atoms with Gasteiger partial charge in [-0.2, -0.15) is 9.57 Å². The second kappa shape index (κ2) is 9.91. The molecule has 1 saturated heterocycles. The molecule has 2 aromatic carbocycles. The maximum atomic E-state index is 12.9. The first-order valence-corrected chi connectivity index (χ1v) is 11.4. The number of sulfonamides is 1. The van der Waals surface area contributed by atoms with E-state index < -0.39 is 28.5 Å². The molecule has 1 amide bonds. The lowest BCUT2D eigenvalue weighted by atomic mass is 10.2. The van der Waals surface area contributed by atoms with Gasteiger partial charge in [0.05, 0.1) is 34.3 Å². The molecule has 0 radical (unpaired) electrons. The molecule has 2 aromatic rings. The van der Waals surface area contributed by atoms with E-state index >= 15 is 0 Å². The van der Waals surface area contributed by atoms with Gasteiger partial charge in [0.15, 0.2) is 6.61 Å². The third-order valence-electron chi connectivity index (χ3n) is 4.72. The molecule has 1 aliphatic heterocycles. The Morgan fingerprint density at radius 3 is 2.44 bits per heavy atom. The summed E-state index contributed by atoms with van der Waals surface area (Å²) in [5.74, 6) is -1.33. The standard InChI is InChI=1S/C22H23N3O6S/c1-15-12-25(13-16(2)31-15)32(28,29)20-8-6-18(7-9-20)22(27)30-14-21(26)24-19-5-3-4-17(10-19)11-23/h3-10,15-16H,12-14H2,1-2H3,(H,24,26). The Hall–Kier alpha value is -3.26. The van der Waals surface area contributed by atoms with E-state index in [4.69, 9.17) is 14.7 Å². The molecular formula is C22H23N3O6S. The average molecular weight is 458 g/mol. The number of esters is 1. The number of anilines is 1. The van der Waals surface area contributed by atoms with Crippen molar-refractivity contribution >= 4 is 27.6 Å². The fourth-order valence-corrected chi connectivity index (χ4v) is 4.91. The van der Waals surface area contributed by atoms with Crippen LogP contribution in [0.3, 0.4) is 0 Å². The van der Waals surface area contributed by atoms with Crippen molar-refractivity contribution < 1.29 is 27.5 Å². The highest BCUT2D eigenvalue weighted by Gasteiger charge is 2.32. The summed E-state index contributed by atoms with van der Waals surface area (Å²) < 4.78 is 37.7. The zero-order valence-corrected chi connectivity index (χ0v) is 18.5. The first kappa shape index (κ1) is 23.4. The van der Waals surface area contributed by atoms with Crippen molar-refractivity contribution in [3.8, 4) is 6.07 Å². The summed E-state index contributed by atoms with van der Waals surface area (Å²) in [6.07, 6.45) is -0.424. The maximum Gasteiger partial charge on any atom is 0.338 e. The quantitative estimate of drug-likeness (QED) is 0.659. The van der Waals surface area contributed by atoms with Crippen molar-refractivity contribution in [3.63, 3.8) is 0 Å². The highest BCUT2D eigenvalue weighted by Crippen LogP contribution is 2.21. The number of carbonyl (C=O) groups excluding carboxylic acids is 2. The number of rotatable bonds is 6. The highest BCUT2D eigenvalue weighted by atomic mass is 32.2. The predicted molar refractivity (Wildman–Crippen MR) is 115 cm³/mol. The highest BCUT2D eigenvalue weighted by molar-refractivity contribution is 7.89. The molecule has 1 N–H and O–H groups in total. The number of carbonyl (C=O) groups is 2. The molecule has 9 nitrogen and oxygen atoms in total. The smallest absolute Gasteiger partial charge is 0.338 e. The molecular weight excluding hydrogens is 434 g/mol. The van der Waals surface area contributed by atoms with E-state index in [-0.39, 0.29) is 35.8 Å². The Kier molecular flexibility index (Phi) is 7.25. The van der Waals surface area contributed by atoms with Gasteiger partial charge in [0.2, 0.25) is 10.0 Å². The molecule has 1 aliphatic rings. The van der Waals surface area contributed by atoms with E-state index in [1.807, 2.05) is 19.9 Å². The molecule has 168 valence electrons. The molecule has 2 unspecified atom stereocenters. The summed E-state index contributed by atoms with van der Waals surface area (Å²) in [5.41, 5.74) is 0.911. The first-order valence-electron chi connectivity index (χ1n) is 9.92. The number of amides is 1. The number of hydrogen-bond acceptors (Lipinski definition) is 7. The van der Waals surface area contributed by atoms with Gasteiger partial charge in [-0.1, -0.05) is 6.07 Å². The Morgan fingerprint density at radius 2 is 1.81 bits per heavy atom. The normalized spacial score (nSPS) is 19.0. The number of benzene rings is 2. The van der Waals surface area contributed by atoms with Crippen LogP contribution in [0.15, 0.2) is 53.4 Å². The van der Waals surface area contributed by atoms with Crippen LogP contribution in [0.2, 0.25) is 0 Å². The Morgan fingerprint density at radius 1 is 1.16 bits per heavy atom. The summed E-state index contributed by atoms with van der Waals surface area (Å²) in [6, 6.07) is 13.6. The fourth-order valence-electron chi connectivity index (χ4n) is 3.32. The molecule has 0 bridgehead atoms. The van der Waals surface area contributed by atoms with Gasteiger partial charge in [-0.15, -0.1) is 0 Å². The summed E-state index contributed by atoms with van der Waals surface area (Å²) in [7, 11) is -3.72. The van der Waals surface area contributed by atoms with Gasteiger partial charge in [-0.3, -0.25) is 4.79 Å². The molecule has 0 spiro atoms. The van der Waals surface area contributed by atoms with Crippen molar-refractivity contribution in [2.24, 2.45) is 0 Å². The minimum absolute atomic E-state index is 0.0606. The van der Waals surface area contributed by atoms with Crippen LogP contribution in [0.1, 0.15) is 29.8 Å². The molecule has 1 fully saturated rings. The molecule has 1 heterocycles. The molecule has 2 atom stereocenters. The lowest BCUT2D eigenvalue weighted by Gasteiger charge is -2.34. The fraction of sp³-hybridized carbons (Fsp3) is 0.318. The van der Waals surface area contributed by atoms with E-state index in [0.29, 0.717) is 11.3 Å². The number of nitriles is 1. The van der Waals surface area contributed by atoms with E-state index in [1.54, 1.807) is 18.2 Å². The van der Waals surface area contributed by atoms with Crippen LogP contribution >= 0.6 is 0 Å². The van der Waals surface area contributed by atoms with E-state index in [0.717, 1.165) is 0 Å². The van der Waals surface area contributed by atoms with E-state index in [9.17, 15) is 18.0 Å². The molecule has 32 heavy (non-hydrogen) atoms. The molecule has 3 rings (SSSR count). The Balaban J connectivity index is 1.59. The zero-order chi connectivity index (χ0) is 23.3. The Labute approximate surface area is 186 Å². The van der Waals surface area contributed by atoms with Crippen molar-refractivity contribution in [1.29, 1.82) is 5.26 Å². The minimum atomic E-state index is -3.72. The number of nitrogens with zero attached hydrogens (tertiary/aromatic N) is 2. The molecule has 0 saturated carbocycles. The third kappa shape index (κ3) is 5.70. The topological polar surface area (TPSA) is 126 Å². The van der Waals surface area contributed by atoms with Gasteiger partial charge in [0, 0.05) is 18.8 Å². The Bertz CT molecular complexity index is 1130. The molecule has 0 aromatic heterocycles. The van der Waals surface area contributed by atoms with Crippen molar-refractivity contribution in [1.82, 2.24) is 4.31 Å². The van der Waals surface area contributed by atoms with Crippen molar-refractivity contribution in [3.05, 3.63) is 59.7 Å². The van der Waals surface area contributed by atoms with Gasteiger partial charge >= 0.3 is 5.97 Å². The molecule has 0 aliphatic carbocycles. The van der Waals surface area contributed by atoms with Gasteiger partial charge in [-0.05, 0) is 56.3 Å².